The average Bonchev–Trinajstić information content (AvgIpc) is 3.04. The summed E-state index contributed by atoms with van der Waals surface area (Å²) in [5.74, 6) is -1.67. The van der Waals surface area contributed by atoms with Gasteiger partial charge in [0.1, 0.15) is 0 Å². The predicted molar refractivity (Wildman–Crippen MR) is 106 cm³/mol. The zero-order chi connectivity index (χ0) is 22.6. The van der Waals surface area contributed by atoms with E-state index < -0.39 is 12.1 Å². The monoisotopic (exact) mass is 437 g/mol. The number of alkyl halides is 3. The number of aromatic nitrogens is 3. The Balaban J connectivity index is 0.000000339. The fraction of sp³-hybridized carbons (Fsp3) is 0.450. The summed E-state index contributed by atoms with van der Waals surface area (Å²) in [6, 6.07) is 7.81. The molecule has 2 aliphatic heterocycles. The first-order chi connectivity index (χ1) is 14.6. The number of hydrogen-bond acceptors (Lipinski definition) is 6. The van der Waals surface area contributed by atoms with Gasteiger partial charge in [0, 0.05) is 25.8 Å². The molecule has 1 amide bonds. The maximum Gasteiger partial charge on any atom is 0.490 e. The van der Waals surface area contributed by atoms with E-state index in [0.717, 1.165) is 56.1 Å². The van der Waals surface area contributed by atoms with E-state index in [9.17, 15) is 18.0 Å². The highest BCUT2D eigenvalue weighted by atomic mass is 19.4. The number of aliphatic carboxylic acids is 1. The summed E-state index contributed by atoms with van der Waals surface area (Å²) >= 11 is 0. The lowest BCUT2D eigenvalue weighted by molar-refractivity contribution is -0.192. The zero-order valence-corrected chi connectivity index (χ0v) is 16.8. The smallest absolute Gasteiger partial charge is 0.475 e. The number of pyridine rings is 1. The van der Waals surface area contributed by atoms with Gasteiger partial charge in [-0.1, -0.05) is 0 Å². The van der Waals surface area contributed by atoms with Gasteiger partial charge < -0.3 is 14.9 Å². The molecule has 2 aromatic rings. The molecule has 11 heteroatoms. The molecule has 0 aliphatic carbocycles. The summed E-state index contributed by atoms with van der Waals surface area (Å²) in [7, 11) is 0. The molecule has 1 N–H and O–H groups in total. The van der Waals surface area contributed by atoms with Crippen molar-refractivity contribution >= 4 is 23.4 Å². The van der Waals surface area contributed by atoms with Gasteiger partial charge in [-0.05, 0) is 50.5 Å². The van der Waals surface area contributed by atoms with E-state index in [1.807, 2.05) is 36.1 Å². The van der Waals surface area contributed by atoms with Crippen molar-refractivity contribution < 1.29 is 27.9 Å². The number of rotatable bonds is 2. The van der Waals surface area contributed by atoms with Crippen molar-refractivity contribution in [3.05, 3.63) is 42.4 Å². The lowest BCUT2D eigenvalue weighted by Crippen LogP contribution is -2.48. The third-order valence-electron chi connectivity index (χ3n) is 5.40. The van der Waals surface area contributed by atoms with Gasteiger partial charge in [0.2, 0.25) is 5.91 Å². The molecule has 0 aromatic carbocycles. The number of carbonyl (C=O) groups excluding carboxylic acids is 1. The molecule has 2 saturated heterocycles. The highest BCUT2D eigenvalue weighted by Gasteiger charge is 2.49. The van der Waals surface area contributed by atoms with Crippen LogP contribution in [0.25, 0.3) is 0 Å². The van der Waals surface area contributed by atoms with E-state index in [1.165, 1.54) is 0 Å². The van der Waals surface area contributed by atoms with E-state index in [-0.39, 0.29) is 11.3 Å². The summed E-state index contributed by atoms with van der Waals surface area (Å²) in [5, 5.41) is 15.6. The number of nitrogens with zero attached hydrogens (tertiary/aromatic N) is 5. The Morgan fingerprint density at radius 2 is 1.90 bits per heavy atom. The van der Waals surface area contributed by atoms with Crippen LogP contribution in [0.5, 0.6) is 0 Å². The number of aryl methyl sites for hydroxylation is 1. The van der Waals surface area contributed by atoms with Gasteiger partial charge in [-0.3, -0.25) is 9.78 Å². The molecule has 0 radical (unpaired) electrons. The average molecular weight is 437 g/mol. The molecule has 2 aliphatic rings. The van der Waals surface area contributed by atoms with Crippen molar-refractivity contribution in [1.82, 2.24) is 15.2 Å². The van der Waals surface area contributed by atoms with Crippen molar-refractivity contribution in [2.75, 3.05) is 29.4 Å². The van der Waals surface area contributed by atoms with E-state index in [1.54, 1.807) is 12.4 Å². The quantitative estimate of drug-likeness (QED) is 0.771. The Hall–Kier alpha value is -3.24. The van der Waals surface area contributed by atoms with Crippen molar-refractivity contribution in [3.63, 3.8) is 0 Å². The molecule has 2 aromatic heterocycles. The number of carboxylic acid groups (broad SMARTS) is 1. The summed E-state index contributed by atoms with van der Waals surface area (Å²) in [6.07, 6.45) is 1.25. The summed E-state index contributed by atoms with van der Waals surface area (Å²) in [6.45, 7) is 4.35. The van der Waals surface area contributed by atoms with Crippen LogP contribution >= 0.6 is 0 Å². The number of amides is 1. The van der Waals surface area contributed by atoms with Crippen LogP contribution in [0, 0.1) is 12.3 Å². The molecule has 31 heavy (non-hydrogen) atoms. The highest BCUT2D eigenvalue weighted by Crippen LogP contribution is 2.42. The molecule has 2 fully saturated rings. The molecule has 4 rings (SSSR count). The zero-order valence-electron chi connectivity index (χ0n) is 16.8. The number of hydrogen-bond donors (Lipinski definition) is 1. The number of halogens is 3. The number of anilines is 2. The van der Waals surface area contributed by atoms with Gasteiger partial charge in [0.05, 0.1) is 23.0 Å². The summed E-state index contributed by atoms with van der Waals surface area (Å²) < 4.78 is 31.7. The highest BCUT2D eigenvalue weighted by molar-refractivity contribution is 6.00. The fourth-order valence-corrected chi connectivity index (χ4v) is 3.85. The predicted octanol–water partition coefficient (Wildman–Crippen LogP) is 2.84. The normalized spacial score (nSPS) is 21.1. The van der Waals surface area contributed by atoms with Crippen LogP contribution in [-0.4, -0.2) is 58.0 Å². The fourth-order valence-electron chi connectivity index (χ4n) is 3.85. The first kappa shape index (κ1) is 22.4. The van der Waals surface area contributed by atoms with Crippen LogP contribution in [0.4, 0.5) is 24.7 Å². The SMILES string of the molecule is Cc1ccc(N2CCCC3(CCN(c4cccnc4)C3=O)C2)nn1.O=C(O)C(F)(F)F. The van der Waals surface area contributed by atoms with Crippen LogP contribution in [-0.2, 0) is 9.59 Å². The molecule has 0 saturated carbocycles. The second-order valence-electron chi connectivity index (χ2n) is 7.56. The van der Waals surface area contributed by atoms with Crippen molar-refractivity contribution in [2.45, 2.75) is 32.4 Å². The number of carbonyl (C=O) groups is 2. The maximum atomic E-state index is 13.1. The van der Waals surface area contributed by atoms with E-state index in [4.69, 9.17) is 9.90 Å². The minimum atomic E-state index is -5.08. The Bertz CT molecular complexity index is 924. The first-order valence-corrected chi connectivity index (χ1v) is 9.70. The van der Waals surface area contributed by atoms with Crippen LogP contribution in [0.1, 0.15) is 25.0 Å². The van der Waals surface area contributed by atoms with Gasteiger partial charge in [0.25, 0.3) is 0 Å². The molecule has 1 atom stereocenters. The van der Waals surface area contributed by atoms with Crippen molar-refractivity contribution in [2.24, 2.45) is 5.41 Å². The van der Waals surface area contributed by atoms with Gasteiger partial charge in [-0.2, -0.15) is 18.3 Å². The Kier molecular flexibility index (Phi) is 6.42. The Labute approximate surface area is 176 Å². The molecule has 1 spiro atoms. The molecule has 0 bridgehead atoms. The lowest BCUT2D eigenvalue weighted by Gasteiger charge is -2.39. The second kappa shape index (κ2) is 8.86. The van der Waals surface area contributed by atoms with E-state index >= 15 is 0 Å². The van der Waals surface area contributed by atoms with Gasteiger partial charge in [0.15, 0.2) is 5.82 Å². The van der Waals surface area contributed by atoms with Gasteiger partial charge >= 0.3 is 12.1 Å². The largest absolute Gasteiger partial charge is 0.490 e. The third kappa shape index (κ3) is 5.09. The molecular weight excluding hydrogens is 415 g/mol. The lowest BCUT2D eigenvalue weighted by atomic mass is 9.78. The van der Waals surface area contributed by atoms with Crippen molar-refractivity contribution in [3.8, 4) is 0 Å². The van der Waals surface area contributed by atoms with Crippen LogP contribution in [0.2, 0.25) is 0 Å². The van der Waals surface area contributed by atoms with Crippen LogP contribution in [0.3, 0.4) is 0 Å². The minimum Gasteiger partial charge on any atom is -0.475 e. The summed E-state index contributed by atoms with van der Waals surface area (Å²) in [4.78, 5) is 30.3. The molecule has 166 valence electrons. The molecule has 4 heterocycles. The third-order valence-corrected chi connectivity index (χ3v) is 5.40. The Morgan fingerprint density at radius 1 is 1.16 bits per heavy atom. The van der Waals surface area contributed by atoms with Gasteiger partial charge in [-0.25, -0.2) is 4.79 Å². The van der Waals surface area contributed by atoms with Crippen LogP contribution < -0.4 is 9.80 Å². The van der Waals surface area contributed by atoms with Gasteiger partial charge in [-0.15, -0.1) is 5.10 Å². The summed E-state index contributed by atoms with van der Waals surface area (Å²) in [5.41, 5.74) is 1.50. The first-order valence-electron chi connectivity index (χ1n) is 9.70. The minimum absolute atomic E-state index is 0.222. The molecular formula is C20H22F3N5O3. The second-order valence-corrected chi connectivity index (χ2v) is 7.56. The maximum absolute atomic E-state index is 13.1. The number of carboxylic acids is 1. The standard InChI is InChI=1S/C18H21N5O.C2HF3O2/c1-14-5-6-16(21-20-14)22-10-3-7-18(13-22)8-11-23(17(18)24)15-4-2-9-19-12-15;3-2(4,5)1(6)7/h2,4-6,9,12H,3,7-8,10-11,13H2,1H3;(H,6,7). The van der Waals surface area contributed by atoms with Crippen LogP contribution in [0.15, 0.2) is 36.7 Å². The van der Waals surface area contributed by atoms with E-state index in [0.29, 0.717) is 0 Å². The Morgan fingerprint density at radius 3 is 2.48 bits per heavy atom. The van der Waals surface area contributed by atoms with E-state index in [2.05, 4.69) is 20.1 Å². The molecule has 1 unspecified atom stereocenters. The molecule has 8 nitrogen and oxygen atoms in total. The van der Waals surface area contributed by atoms with Crippen molar-refractivity contribution in [1.29, 1.82) is 0 Å². The topological polar surface area (TPSA) is 99.5 Å². The number of piperidine rings is 1.